The first-order valence-corrected chi connectivity index (χ1v) is 14.0. The normalized spacial score (nSPS) is 21.2. The van der Waals surface area contributed by atoms with Crippen LogP contribution in [0.5, 0.6) is 5.75 Å². The number of nitrogens with one attached hydrogen (secondary N) is 1. The summed E-state index contributed by atoms with van der Waals surface area (Å²) in [6.45, 7) is 5.76. The lowest BCUT2D eigenvalue weighted by molar-refractivity contribution is -0.141. The Kier molecular flexibility index (Phi) is 7.40. The maximum Gasteiger partial charge on any atom is 0.416 e. The van der Waals surface area contributed by atoms with E-state index in [1.165, 1.54) is 18.3 Å². The highest BCUT2D eigenvalue weighted by atomic mass is 35.5. The summed E-state index contributed by atoms with van der Waals surface area (Å²) in [5.41, 5.74) is 0.219. The number of hydrogen-bond donors (Lipinski definition) is 1. The Labute approximate surface area is 245 Å². The lowest BCUT2D eigenvalue weighted by Crippen LogP contribution is -2.56. The van der Waals surface area contributed by atoms with Gasteiger partial charge in [-0.1, -0.05) is 23.7 Å². The molecule has 1 aromatic carbocycles. The topological polar surface area (TPSA) is 89.1 Å². The molecule has 0 unspecified atom stereocenters. The highest BCUT2D eigenvalue weighted by Crippen LogP contribution is 2.43. The van der Waals surface area contributed by atoms with Crippen molar-refractivity contribution in [3.8, 4) is 17.0 Å². The van der Waals surface area contributed by atoms with Crippen molar-refractivity contribution in [2.24, 2.45) is 0 Å². The standard InChI is InChI=1S/C29H29ClF3N5O4/c1-28(2)41-16-21(42-28)15-40-20-8-9-24(34-13-20)35-27(39)38-19-7-4-10-37(14-19)23-12-22(30)25(36-26(23)38)17-5-3-6-18(11-17)29(31,32)33/h3,5-6,8-9,11-13,19,21H,4,7,10,14-16H2,1-2H3,(H,34,35,39)/t19-,21+/m0/s1. The van der Waals surface area contributed by atoms with Crippen LogP contribution in [0.25, 0.3) is 11.3 Å². The number of piperidine rings is 1. The van der Waals surface area contributed by atoms with E-state index in [9.17, 15) is 18.0 Å². The van der Waals surface area contributed by atoms with Gasteiger partial charge < -0.3 is 19.1 Å². The van der Waals surface area contributed by atoms with Crippen LogP contribution >= 0.6 is 11.6 Å². The summed E-state index contributed by atoms with van der Waals surface area (Å²) in [6, 6.07) is 9.19. The van der Waals surface area contributed by atoms with E-state index in [1.54, 1.807) is 23.1 Å². The first-order valence-electron chi connectivity index (χ1n) is 13.6. The molecule has 2 amide bonds. The van der Waals surface area contributed by atoms with E-state index < -0.39 is 23.6 Å². The summed E-state index contributed by atoms with van der Waals surface area (Å²) in [7, 11) is 0. The van der Waals surface area contributed by atoms with Gasteiger partial charge in [0.15, 0.2) is 11.6 Å². The Balaban J connectivity index is 1.23. The van der Waals surface area contributed by atoms with Gasteiger partial charge in [-0.3, -0.25) is 10.2 Å². The van der Waals surface area contributed by atoms with Gasteiger partial charge in [0.25, 0.3) is 0 Å². The van der Waals surface area contributed by atoms with Crippen molar-refractivity contribution in [1.82, 2.24) is 9.97 Å². The molecule has 3 aliphatic rings. The maximum absolute atomic E-state index is 13.7. The number of carbonyl (C=O) groups is 1. The molecule has 2 fully saturated rings. The molecule has 5 heterocycles. The van der Waals surface area contributed by atoms with Gasteiger partial charge >= 0.3 is 12.2 Å². The molecule has 3 aliphatic heterocycles. The minimum absolute atomic E-state index is 0.167. The van der Waals surface area contributed by atoms with Crippen LogP contribution in [0, 0.1) is 0 Å². The lowest BCUT2D eigenvalue weighted by atomic mass is 9.99. The molecule has 0 saturated carbocycles. The third-order valence-corrected chi connectivity index (χ3v) is 7.71. The van der Waals surface area contributed by atoms with Gasteiger partial charge in [0.1, 0.15) is 24.3 Å². The largest absolute Gasteiger partial charge is 0.489 e. The average molecular weight is 604 g/mol. The predicted octanol–water partition coefficient (Wildman–Crippen LogP) is 6.37. The summed E-state index contributed by atoms with van der Waals surface area (Å²) in [6.07, 6.45) is -1.61. The molecule has 0 aliphatic carbocycles. The second-order valence-corrected chi connectivity index (χ2v) is 11.3. The van der Waals surface area contributed by atoms with E-state index in [0.29, 0.717) is 42.8 Å². The Morgan fingerprint density at radius 3 is 2.79 bits per heavy atom. The molecule has 3 aromatic rings. The first kappa shape index (κ1) is 28.5. The number of amides is 2. The molecule has 0 spiro atoms. The summed E-state index contributed by atoms with van der Waals surface area (Å²) < 4.78 is 57.3. The first-order chi connectivity index (χ1) is 20.0. The molecule has 2 atom stereocenters. The van der Waals surface area contributed by atoms with Gasteiger partial charge in [0.2, 0.25) is 0 Å². The monoisotopic (exact) mass is 603 g/mol. The summed E-state index contributed by atoms with van der Waals surface area (Å²) in [5.74, 6) is 0.508. The highest BCUT2D eigenvalue weighted by molar-refractivity contribution is 6.33. The van der Waals surface area contributed by atoms with Crippen LogP contribution in [-0.2, 0) is 15.7 Å². The van der Waals surface area contributed by atoms with Gasteiger partial charge in [-0.25, -0.2) is 14.8 Å². The molecule has 2 saturated heterocycles. The molecule has 1 N–H and O–H groups in total. The Morgan fingerprint density at radius 2 is 2.07 bits per heavy atom. The molecule has 13 heteroatoms. The highest BCUT2D eigenvalue weighted by Gasteiger charge is 2.39. The fourth-order valence-electron chi connectivity index (χ4n) is 5.49. The van der Waals surface area contributed by atoms with E-state index >= 15 is 0 Å². The quantitative estimate of drug-likeness (QED) is 0.363. The van der Waals surface area contributed by atoms with Crippen molar-refractivity contribution < 1.29 is 32.2 Å². The van der Waals surface area contributed by atoms with Crippen molar-refractivity contribution in [3.63, 3.8) is 0 Å². The molecule has 2 bridgehead atoms. The van der Waals surface area contributed by atoms with Crippen LogP contribution < -0.4 is 19.9 Å². The smallest absolute Gasteiger partial charge is 0.416 e. The van der Waals surface area contributed by atoms with Gasteiger partial charge in [-0.2, -0.15) is 13.2 Å². The third-order valence-electron chi connectivity index (χ3n) is 7.42. The maximum atomic E-state index is 13.7. The van der Waals surface area contributed by atoms with Crippen LogP contribution in [0.15, 0.2) is 48.7 Å². The van der Waals surface area contributed by atoms with E-state index in [2.05, 4.69) is 20.2 Å². The number of alkyl halides is 3. The predicted molar refractivity (Wildman–Crippen MR) is 151 cm³/mol. The number of hydrogen-bond acceptors (Lipinski definition) is 7. The molecular formula is C29H29ClF3N5O4. The van der Waals surface area contributed by atoms with Crippen molar-refractivity contribution in [1.29, 1.82) is 0 Å². The number of fused-ring (bicyclic) bond motifs is 4. The van der Waals surface area contributed by atoms with Crippen LogP contribution in [0.1, 0.15) is 32.3 Å². The molecular weight excluding hydrogens is 575 g/mol. The summed E-state index contributed by atoms with van der Waals surface area (Å²) >= 11 is 6.57. The van der Waals surface area contributed by atoms with Gasteiger partial charge in [-0.15, -0.1) is 0 Å². The Hall–Kier alpha value is -3.61. The molecule has 0 radical (unpaired) electrons. The number of benzene rings is 1. The Bertz CT molecular complexity index is 1490. The third kappa shape index (κ3) is 5.83. The van der Waals surface area contributed by atoms with E-state index in [1.807, 2.05) is 13.8 Å². The number of pyridine rings is 2. The SMILES string of the molecule is CC1(C)OC[C@@H](COc2ccc(NC(=O)N3c4nc(-c5cccc(C(F)(F)F)c5)c(Cl)cc4N4CCC[C@H]3C4)nc2)O1. The second-order valence-electron chi connectivity index (χ2n) is 10.9. The average Bonchev–Trinajstić information content (AvgIpc) is 3.31. The van der Waals surface area contributed by atoms with E-state index in [0.717, 1.165) is 31.5 Å². The number of aromatic nitrogens is 2. The van der Waals surface area contributed by atoms with Crippen molar-refractivity contribution in [2.45, 2.75) is 50.8 Å². The van der Waals surface area contributed by atoms with Crippen LogP contribution in [0.3, 0.4) is 0 Å². The van der Waals surface area contributed by atoms with Crippen molar-refractivity contribution >= 4 is 35.0 Å². The van der Waals surface area contributed by atoms with E-state index in [-0.39, 0.29) is 28.4 Å². The molecule has 2 aromatic heterocycles. The number of urea groups is 1. The molecule has 222 valence electrons. The molecule has 6 rings (SSSR count). The second kappa shape index (κ2) is 10.9. The van der Waals surface area contributed by atoms with Crippen LogP contribution in [0.2, 0.25) is 5.02 Å². The summed E-state index contributed by atoms with van der Waals surface area (Å²) in [5, 5.41) is 3.03. The number of ether oxygens (including phenoxy) is 3. The van der Waals surface area contributed by atoms with Gasteiger partial charge in [0.05, 0.1) is 40.8 Å². The van der Waals surface area contributed by atoms with E-state index in [4.69, 9.17) is 25.8 Å². The number of anilines is 3. The van der Waals surface area contributed by atoms with Crippen LogP contribution in [0.4, 0.5) is 35.3 Å². The van der Waals surface area contributed by atoms with Crippen molar-refractivity contribution in [2.75, 3.05) is 41.4 Å². The summed E-state index contributed by atoms with van der Waals surface area (Å²) in [4.78, 5) is 26.3. The zero-order valence-corrected chi connectivity index (χ0v) is 23.7. The zero-order chi connectivity index (χ0) is 29.6. The fraction of sp³-hybridized carbons (Fsp3) is 0.414. The zero-order valence-electron chi connectivity index (χ0n) is 22.9. The number of nitrogens with zero attached hydrogens (tertiary/aromatic N) is 4. The van der Waals surface area contributed by atoms with Crippen molar-refractivity contribution in [3.05, 3.63) is 59.2 Å². The van der Waals surface area contributed by atoms with Gasteiger partial charge in [-0.05, 0) is 57.0 Å². The minimum atomic E-state index is -4.52. The minimum Gasteiger partial charge on any atom is -0.489 e. The fourth-order valence-corrected chi connectivity index (χ4v) is 5.74. The number of halogens is 4. The van der Waals surface area contributed by atoms with Gasteiger partial charge in [0, 0.05) is 18.7 Å². The molecule has 9 nitrogen and oxygen atoms in total. The number of carbonyl (C=O) groups excluding carboxylic acids is 1. The lowest BCUT2D eigenvalue weighted by Gasteiger charge is -2.46. The number of rotatable bonds is 5. The Morgan fingerprint density at radius 1 is 1.24 bits per heavy atom. The molecule has 42 heavy (non-hydrogen) atoms. The van der Waals surface area contributed by atoms with Crippen LogP contribution in [-0.4, -0.2) is 60.2 Å².